The van der Waals surface area contributed by atoms with Crippen LogP contribution in [0.15, 0.2) is 65.4 Å². The molecule has 5 nitrogen and oxygen atoms in total. The van der Waals surface area contributed by atoms with Crippen molar-refractivity contribution in [2.24, 2.45) is 0 Å². The van der Waals surface area contributed by atoms with Gasteiger partial charge in [0, 0.05) is 33.0 Å². The zero-order chi connectivity index (χ0) is 28.2. The minimum Gasteiger partial charge on any atom is -0.504 e. The number of anilines is 1. The fourth-order valence-corrected chi connectivity index (χ4v) is 6.35. The van der Waals surface area contributed by atoms with Gasteiger partial charge in [-0.3, -0.25) is 0 Å². The maximum absolute atomic E-state index is 10.5. The fraction of sp³-hybridized carbons (Fsp3) is 0.312. The number of aliphatic hydroxyl groups excluding tert-OH is 1. The number of hydrogen-bond donors (Lipinski definition) is 3. The van der Waals surface area contributed by atoms with Crippen LogP contribution in [0.25, 0.3) is 22.5 Å². The molecule has 0 fully saturated rings. The van der Waals surface area contributed by atoms with Crippen molar-refractivity contribution in [1.29, 1.82) is 0 Å². The highest BCUT2D eigenvalue weighted by atomic mass is 32.2. The first-order valence-corrected chi connectivity index (χ1v) is 15.1. The molecule has 2 aliphatic heterocycles. The van der Waals surface area contributed by atoms with Crippen LogP contribution < -0.4 is 14.8 Å². The summed E-state index contributed by atoms with van der Waals surface area (Å²) in [6.45, 7) is 10.4. The molecule has 1 atom stereocenters. The van der Waals surface area contributed by atoms with Crippen molar-refractivity contribution >= 4 is 40.1 Å². The molecular weight excluding hydrogens is 526 g/mol. The largest absolute Gasteiger partial charge is 0.504 e. The Hall–Kier alpha value is -3.13. The fourth-order valence-electron chi connectivity index (χ4n) is 5.02. The van der Waals surface area contributed by atoms with Crippen LogP contribution in [0.2, 0.25) is 0 Å². The van der Waals surface area contributed by atoms with E-state index in [-0.39, 0.29) is 11.3 Å². The number of nitrogens with one attached hydrogen (secondary N) is 1. The number of hydrogen-bond acceptors (Lipinski definition) is 7. The second kappa shape index (κ2) is 12.4. The molecule has 3 heterocycles. The smallest absolute Gasteiger partial charge is 0.172 e. The van der Waals surface area contributed by atoms with Gasteiger partial charge in [0.2, 0.25) is 0 Å². The van der Waals surface area contributed by atoms with Crippen molar-refractivity contribution < 1.29 is 19.7 Å². The second-order valence-electron chi connectivity index (χ2n) is 9.72. The molecule has 0 saturated carbocycles. The van der Waals surface area contributed by atoms with E-state index < -0.39 is 6.10 Å². The molecule has 0 radical (unpaired) electrons. The van der Waals surface area contributed by atoms with Gasteiger partial charge in [-0.05, 0) is 73.9 Å². The average molecular weight is 564 g/mol. The van der Waals surface area contributed by atoms with E-state index in [0.717, 1.165) is 38.6 Å². The van der Waals surface area contributed by atoms with Crippen LogP contribution >= 0.6 is 23.1 Å². The number of methoxy groups -OCH3 is 1. The summed E-state index contributed by atoms with van der Waals surface area (Å²) in [5.74, 6) is 2.62. The number of aromatic hydroxyl groups is 1. The topological polar surface area (TPSA) is 71.0 Å². The van der Waals surface area contributed by atoms with E-state index in [9.17, 15) is 10.2 Å². The van der Waals surface area contributed by atoms with Crippen molar-refractivity contribution in [3.63, 3.8) is 0 Å². The van der Waals surface area contributed by atoms with Crippen LogP contribution in [-0.4, -0.2) is 28.6 Å². The first-order chi connectivity index (χ1) is 18.8. The summed E-state index contributed by atoms with van der Waals surface area (Å²) in [6, 6.07) is 11.5. The molecule has 0 aliphatic carbocycles. The zero-order valence-electron chi connectivity index (χ0n) is 23.4. The van der Waals surface area contributed by atoms with E-state index in [0.29, 0.717) is 23.7 Å². The van der Waals surface area contributed by atoms with Crippen LogP contribution in [0, 0.1) is 0 Å². The van der Waals surface area contributed by atoms with Crippen LogP contribution in [0.4, 0.5) is 5.69 Å². The number of allylic oxidation sites excluding steroid dienone is 1. The van der Waals surface area contributed by atoms with Gasteiger partial charge >= 0.3 is 0 Å². The van der Waals surface area contributed by atoms with E-state index >= 15 is 0 Å². The second-order valence-corrected chi connectivity index (χ2v) is 11.6. The van der Waals surface area contributed by atoms with E-state index in [4.69, 9.17) is 9.47 Å². The summed E-state index contributed by atoms with van der Waals surface area (Å²) in [5, 5.41) is 28.4. The number of aliphatic hydroxyl groups is 1. The Bertz CT molecular complexity index is 1400. The van der Waals surface area contributed by atoms with Crippen LogP contribution in [0.1, 0.15) is 63.1 Å². The summed E-state index contributed by atoms with van der Waals surface area (Å²) in [7, 11) is 1.56. The Kier molecular flexibility index (Phi) is 9.15. The van der Waals surface area contributed by atoms with Gasteiger partial charge in [-0.15, -0.1) is 23.1 Å². The van der Waals surface area contributed by atoms with Gasteiger partial charge in [0.25, 0.3) is 0 Å². The number of phenolic OH excluding ortho intramolecular Hbond substituents is 1. The molecule has 0 amide bonds. The van der Waals surface area contributed by atoms with E-state index in [2.05, 4.69) is 50.4 Å². The molecule has 0 spiro atoms. The summed E-state index contributed by atoms with van der Waals surface area (Å²) in [4.78, 5) is 0.981. The van der Waals surface area contributed by atoms with Crippen molar-refractivity contribution in [2.75, 3.05) is 18.2 Å². The molecule has 206 valence electrons. The van der Waals surface area contributed by atoms with Gasteiger partial charge in [0.05, 0.1) is 24.3 Å². The lowest BCUT2D eigenvalue weighted by atomic mass is 9.83. The minimum atomic E-state index is -0.468. The maximum Gasteiger partial charge on any atom is 0.172 e. The highest BCUT2D eigenvalue weighted by molar-refractivity contribution is 8.02. The summed E-state index contributed by atoms with van der Waals surface area (Å²) in [5.41, 5.74) is 5.87. The summed E-state index contributed by atoms with van der Waals surface area (Å²) >= 11 is 3.22. The molecule has 2 aromatic carbocycles. The molecule has 2 aliphatic rings. The third kappa shape index (κ3) is 6.06. The Morgan fingerprint density at radius 2 is 1.92 bits per heavy atom. The van der Waals surface area contributed by atoms with Gasteiger partial charge in [-0.25, -0.2) is 0 Å². The Morgan fingerprint density at radius 1 is 1.13 bits per heavy atom. The number of thiophene rings is 1. The Balaban J connectivity index is 0.00000172. The molecule has 3 aromatic rings. The minimum absolute atomic E-state index is 0.0814. The predicted octanol–water partition coefficient (Wildman–Crippen LogP) is 8.87. The van der Waals surface area contributed by atoms with Gasteiger partial charge in [0.1, 0.15) is 11.5 Å². The summed E-state index contributed by atoms with van der Waals surface area (Å²) < 4.78 is 12.1. The molecule has 39 heavy (non-hydrogen) atoms. The molecule has 3 N–H and O–H groups in total. The number of benzene rings is 2. The third-order valence-electron chi connectivity index (χ3n) is 6.46. The first kappa shape index (κ1) is 28.9. The quantitative estimate of drug-likeness (QED) is 0.249. The van der Waals surface area contributed by atoms with Crippen LogP contribution in [0.5, 0.6) is 17.2 Å². The number of phenols is 1. The molecule has 0 saturated heterocycles. The predicted molar refractivity (Wildman–Crippen MR) is 167 cm³/mol. The number of fused-ring (bicyclic) bond motifs is 5. The van der Waals surface area contributed by atoms with E-state index in [1.807, 2.05) is 42.8 Å². The molecule has 1 aromatic heterocycles. The van der Waals surface area contributed by atoms with Gasteiger partial charge in [-0.1, -0.05) is 38.1 Å². The molecule has 1 unspecified atom stereocenters. The molecule has 7 heteroatoms. The third-order valence-corrected chi connectivity index (χ3v) is 8.18. The van der Waals surface area contributed by atoms with Crippen molar-refractivity contribution in [3.05, 3.63) is 81.4 Å². The first-order valence-electron chi connectivity index (χ1n) is 13.2. The van der Waals surface area contributed by atoms with Crippen LogP contribution in [0.3, 0.4) is 0 Å². The van der Waals surface area contributed by atoms with E-state index in [1.165, 1.54) is 5.57 Å². The molecule has 5 rings (SSSR count). The average Bonchev–Trinajstić information content (AvgIpc) is 3.46. The highest BCUT2D eigenvalue weighted by Gasteiger charge is 2.33. The highest BCUT2D eigenvalue weighted by Crippen LogP contribution is 2.53. The zero-order valence-corrected chi connectivity index (χ0v) is 25.0. The molecular formula is C32H37NO4S2. The van der Waals surface area contributed by atoms with Crippen molar-refractivity contribution in [1.82, 2.24) is 0 Å². The molecule has 0 bridgehead atoms. The van der Waals surface area contributed by atoms with Gasteiger partial charge in [-0.2, -0.15) is 0 Å². The lowest BCUT2D eigenvalue weighted by Gasteiger charge is -2.35. The number of rotatable bonds is 7. The number of ether oxygens (including phenoxy) is 2. The standard InChI is InChI=1S/C30H31NO4S2.C2H6/c1-18-17-30(2,3)31-20-10-9-19-27(26(18)20)24(35-23-12-11-22(33)29(34-4)28(19)23)13-16-36-14-5-7-21(32)25-8-6-15-37-25;1-2/h5-6,8-15,17,21,31-33H,7,16H2,1-4H3;1-2H3/b14-5-,24-13-;. The lowest BCUT2D eigenvalue weighted by Crippen LogP contribution is -2.32. The number of thioether (sulfide) groups is 1. The van der Waals surface area contributed by atoms with Gasteiger partial charge in [0.15, 0.2) is 11.5 Å². The summed E-state index contributed by atoms with van der Waals surface area (Å²) in [6.07, 6.45) is 6.45. The van der Waals surface area contributed by atoms with Crippen molar-refractivity contribution in [2.45, 2.75) is 52.7 Å². The maximum atomic E-state index is 10.5. The Labute approximate surface area is 239 Å². The SMILES string of the molecule is CC.COc1c(O)ccc2c1-c1ccc3c(c1/C(=C/CS/C=C\CC(O)c1cccs1)O2)C(C)=CC(C)(C)N3. The lowest BCUT2D eigenvalue weighted by molar-refractivity contribution is 0.185. The van der Waals surface area contributed by atoms with Crippen molar-refractivity contribution in [3.8, 4) is 28.4 Å². The Morgan fingerprint density at radius 3 is 2.64 bits per heavy atom. The normalized spacial score (nSPS) is 16.6. The van der Waals surface area contributed by atoms with E-state index in [1.54, 1.807) is 42.3 Å². The van der Waals surface area contributed by atoms with Gasteiger partial charge < -0.3 is 25.0 Å². The van der Waals surface area contributed by atoms with Crippen LogP contribution in [-0.2, 0) is 0 Å². The monoisotopic (exact) mass is 563 g/mol.